The summed E-state index contributed by atoms with van der Waals surface area (Å²) in [7, 11) is 0. The van der Waals surface area contributed by atoms with Crippen LogP contribution in [-0.2, 0) is 4.79 Å². The fraction of sp³-hybridized carbons (Fsp3) is 0.875. The lowest BCUT2D eigenvalue weighted by Gasteiger charge is -2.51. The molecule has 0 aromatic rings. The van der Waals surface area contributed by atoms with Gasteiger partial charge in [-0.1, -0.05) is 5.11 Å². The topological polar surface area (TPSA) is 89.3 Å². The average Bonchev–Trinajstić information content (AvgIpc) is 2.25. The second-order valence-electron chi connectivity index (χ2n) is 3.93. The molecule has 2 aliphatic heterocycles. The number of hydrogen-bond donors (Lipinski definition) is 1. The molecule has 3 aliphatic rings. The maximum Gasteiger partial charge on any atom is 0.228 e. The molecule has 14 heavy (non-hydrogen) atoms. The van der Waals surface area contributed by atoms with Crippen LogP contribution in [0.5, 0.6) is 0 Å². The van der Waals surface area contributed by atoms with Gasteiger partial charge in [0.25, 0.3) is 0 Å². The zero-order chi connectivity index (χ0) is 10.1. The van der Waals surface area contributed by atoms with Crippen LogP contribution in [0.2, 0.25) is 0 Å². The molecule has 3 fully saturated rings. The predicted octanol–water partition coefficient (Wildman–Crippen LogP) is 0.136. The highest BCUT2D eigenvalue weighted by molar-refractivity contribution is 5.78. The van der Waals surface area contributed by atoms with Crippen molar-refractivity contribution < 1.29 is 9.90 Å². The molecule has 3 rings (SSSR count). The Labute approximate surface area is 81.1 Å². The third-order valence-corrected chi connectivity index (χ3v) is 3.10. The molecule has 2 atom stereocenters. The van der Waals surface area contributed by atoms with Crippen LogP contribution in [0.3, 0.4) is 0 Å². The first-order chi connectivity index (χ1) is 6.72. The molecular weight excluding hydrogens is 184 g/mol. The number of rotatable bonds is 2. The summed E-state index contributed by atoms with van der Waals surface area (Å²) in [6.45, 7) is 1.11. The Morgan fingerprint density at radius 1 is 1.57 bits per heavy atom. The van der Waals surface area contributed by atoms with Gasteiger partial charge in [-0.15, -0.1) is 0 Å². The van der Waals surface area contributed by atoms with Gasteiger partial charge in [0, 0.05) is 29.8 Å². The summed E-state index contributed by atoms with van der Waals surface area (Å²) < 4.78 is 0. The number of aliphatic hydroxyl groups excluding tert-OH is 1. The van der Waals surface area contributed by atoms with Gasteiger partial charge in [-0.05, 0) is 12.0 Å². The van der Waals surface area contributed by atoms with Crippen molar-refractivity contribution in [3.8, 4) is 0 Å². The average molecular weight is 196 g/mol. The van der Waals surface area contributed by atoms with Crippen molar-refractivity contribution in [3.05, 3.63) is 10.4 Å². The Morgan fingerprint density at radius 2 is 2.21 bits per heavy atom. The summed E-state index contributed by atoms with van der Waals surface area (Å²) in [5.74, 6) is 0.344. The number of hydrogen-bond acceptors (Lipinski definition) is 3. The minimum Gasteiger partial charge on any atom is -0.392 e. The van der Waals surface area contributed by atoms with Crippen LogP contribution in [0.15, 0.2) is 5.11 Å². The van der Waals surface area contributed by atoms with Gasteiger partial charge in [0.2, 0.25) is 5.91 Å². The first-order valence-corrected chi connectivity index (χ1v) is 4.69. The van der Waals surface area contributed by atoms with E-state index in [2.05, 4.69) is 10.0 Å². The molecule has 2 bridgehead atoms. The second kappa shape index (κ2) is 3.48. The van der Waals surface area contributed by atoms with Crippen LogP contribution >= 0.6 is 0 Å². The standard InChI is InChI=1S/C8H12N4O2/c9-11-10-2-7(13)12-3-5-1-6(4-12)8(5)14/h5-6,8,14H,1-4H2. The number of amides is 1. The lowest BCUT2D eigenvalue weighted by Crippen LogP contribution is -2.59. The number of nitrogens with zero attached hydrogens (tertiary/aromatic N) is 4. The number of piperidine rings is 2. The Balaban J connectivity index is 1.89. The van der Waals surface area contributed by atoms with Crippen molar-refractivity contribution in [1.29, 1.82) is 0 Å². The van der Waals surface area contributed by atoms with Crippen molar-refractivity contribution in [1.82, 2.24) is 4.90 Å². The van der Waals surface area contributed by atoms with Crippen LogP contribution in [-0.4, -0.2) is 41.7 Å². The van der Waals surface area contributed by atoms with Crippen LogP contribution in [0.25, 0.3) is 10.4 Å². The largest absolute Gasteiger partial charge is 0.392 e. The zero-order valence-electron chi connectivity index (χ0n) is 7.70. The van der Waals surface area contributed by atoms with Gasteiger partial charge in [0.15, 0.2) is 0 Å². The lowest BCUT2D eigenvalue weighted by molar-refractivity contribution is -0.148. The van der Waals surface area contributed by atoms with Gasteiger partial charge >= 0.3 is 0 Å². The van der Waals surface area contributed by atoms with E-state index in [0.29, 0.717) is 13.1 Å². The van der Waals surface area contributed by atoms with E-state index in [1.165, 1.54) is 0 Å². The molecule has 6 nitrogen and oxygen atoms in total. The van der Waals surface area contributed by atoms with Gasteiger partial charge in [-0.25, -0.2) is 0 Å². The number of aliphatic hydroxyl groups is 1. The summed E-state index contributed by atoms with van der Waals surface area (Å²) in [4.78, 5) is 15.6. The quantitative estimate of drug-likeness (QED) is 0.386. The molecule has 1 N–H and O–H groups in total. The fourth-order valence-electron chi connectivity index (χ4n) is 2.26. The molecule has 1 amide bonds. The Bertz CT molecular complexity index is 288. The predicted molar refractivity (Wildman–Crippen MR) is 48.2 cm³/mol. The highest BCUT2D eigenvalue weighted by Gasteiger charge is 2.46. The van der Waals surface area contributed by atoms with Gasteiger partial charge in [-0.3, -0.25) is 4.79 Å². The fourth-order valence-corrected chi connectivity index (χ4v) is 2.26. The van der Waals surface area contributed by atoms with Gasteiger partial charge in [0.05, 0.1) is 6.10 Å². The Morgan fingerprint density at radius 3 is 2.71 bits per heavy atom. The summed E-state index contributed by atoms with van der Waals surface area (Å²) in [5.41, 5.74) is 8.06. The minimum atomic E-state index is -0.224. The van der Waals surface area contributed by atoms with Crippen LogP contribution in [0.1, 0.15) is 6.42 Å². The molecule has 0 radical (unpaired) electrons. The second-order valence-corrected chi connectivity index (χ2v) is 3.93. The summed E-state index contributed by atoms with van der Waals surface area (Å²) >= 11 is 0. The lowest BCUT2D eigenvalue weighted by atomic mass is 9.68. The van der Waals surface area contributed by atoms with Gasteiger partial charge in [0.1, 0.15) is 6.54 Å². The van der Waals surface area contributed by atoms with Crippen LogP contribution < -0.4 is 0 Å². The van der Waals surface area contributed by atoms with E-state index in [0.717, 1.165) is 6.42 Å². The molecule has 76 valence electrons. The van der Waals surface area contributed by atoms with Gasteiger partial charge in [-0.2, -0.15) is 0 Å². The summed E-state index contributed by atoms with van der Waals surface area (Å²) in [6.07, 6.45) is 0.797. The van der Waals surface area contributed by atoms with Gasteiger partial charge < -0.3 is 10.0 Å². The number of fused-ring (bicyclic) bond motifs is 2. The molecular formula is C8H12N4O2. The van der Waals surface area contributed by atoms with Crippen molar-refractivity contribution in [3.63, 3.8) is 0 Å². The van der Waals surface area contributed by atoms with E-state index < -0.39 is 0 Å². The Hall–Kier alpha value is -1.26. The first-order valence-electron chi connectivity index (χ1n) is 4.69. The number of carbonyl (C=O) groups is 1. The highest BCUT2D eigenvalue weighted by Crippen LogP contribution is 2.39. The normalized spacial score (nSPS) is 34.4. The van der Waals surface area contributed by atoms with E-state index in [9.17, 15) is 9.90 Å². The minimum absolute atomic E-state index is 0.105. The molecule has 2 saturated heterocycles. The molecule has 0 spiro atoms. The van der Waals surface area contributed by atoms with Crippen LogP contribution in [0, 0.1) is 11.8 Å². The van der Waals surface area contributed by atoms with E-state index in [4.69, 9.17) is 5.53 Å². The third kappa shape index (κ3) is 1.42. The molecule has 2 unspecified atom stereocenters. The summed E-state index contributed by atoms with van der Waals surface area (Å²) in [6, 6.07) is 0. The van der Waals surface area contributed by atoms with Crippen LogP contribution in [0.4, 0.5) is 0 Å². The Kier molecular flexibility index (Phi) is 2.31. The SMILES string of the molecule is [N-]=[N+]=NCC(=O)N1CC2CC(C1)C2O. The first kappa shape index (κ1) is 9.30. The highest BCUT2D eigenvalue weighted by atomic mass is 16.3. The van der Waals surface area contributed by atoms with E-state index in [-0.39, 0.29) is 30.4 Å². The third-order valence-electron chi connectivity index (χ3n) is 3.10. The van der Waals surface area contributed by atoms with Crippen molar-refractivity contribution in [2.75, 3.05) is 19.6 Å². The van der Waals surface area contributed by atoms with E-state index in [1.54, 1.807) is 4.90 Å². The number of azide groups is 1. The molecule has 0 aromatic carbocycles. The zero-order valence-corrected chi connectivity index (χ0v) is 7.70. The monoisotopic (exact) mass is 196 g/mol. The molecule has 2 heterocycles. The molecule has 1 saturated carbocycles. The molecule has 6 heteroatoms. The number of carbonyl (C=O) groups excluding carboxylic acids is 1. The smallest absolute Gasteiger partial charge is 0.228 e. The molecule has 1 aliphatic carbocycles. The van der Waals surface area contributed by atoms with Crippen molar-refractivity contribution in [2.45, 2.75) is 12.5 Å². The van der Waals surface area contributed by atoms with E-state index in [1.807, 2.05) is 0 Å². The van der Waals surface area contributed by atoms with Crippen molar-refractivity contribution >= 4 is 5.91 Å². The molecule has 0 aromatic heterocycles. The van der Waals surface area contributed by atoms with Crippen molar-refractivity contribution in [2.24, 2.45) is 17.0 Å². The maximum absolute atomic E-state index is 11.4. The summed E-state index contributed by atoms with van der Waals surface area (Å²) in [5, 5.41) is 12.7. The van der Waals surface area contributed by atoms with E-state index >= 15 is 0 Å². The maximum atomic E-state index is 11.4.